The summed E-state index contributed by atoms with van der Waals surface area (Å²) in [5, 5.41) is 71.8. The molecule has 0 heterocycles. The molecule has 2 rings (SSSR count). The van der Waals surface area contributed by atoms with E-state index in [2.05, 4.69) is 63.2 Å². The molecule has 0 fully saturated rings. The summed E-state index contributed by atoms with van der Waals surface area (Å²) in [6.07, 6.45) is -1.18. The lowest BCUT2D eigenvalue weighted by Gasteiger charge is -2.26. The van der Waals surface area contributed by atoms with Gasteiger partial charge in [0.1, 0.15) is 65.9 Å². The summed E-state index contributed by atoms with van der Waals surface area (Å²) in [4.78, 5) is 166. The highest BCUT2D eigenvalue weighted by atomic mass is 16.4. The molecule has 10 amide bonds. The highest BCUT2D eigenvalue weighted by Crippen LogP contribution is 2.15. The van der Waals surface area contributed by atoms with Gasteiger partial charge in [-0.15, -0.1) is 0 Å². The summed E-state index contributed by atoms with van der Waals surface area (Å²) in [6.45, 7) is 5.50. The van der Waals surface area contributed by atoms with E-state index in [4.69, 9.17) is 28.7 Å². The van der Waals surface area contributed by atoms with Crippen molar-refractivity contribution in [3.05, 3.63) is 59.7 Å². The molecule has 0 spiro atoms. The number of aliphatic hydroxyl groups excluding tert-OH is 1. The normalized spacial score (nSPS) is 14.3. The van der Waals surface area contributed by atoms with Gasteiger partial charge in [0.05, 0.1) is 25.6 Å². The summed E-state index contributed by atoms with van der Waals surface area (Å²) < 4.78 is 0. The SMILES string of the molecule is CC(C)C[C@H](N)C(=O)N[C@@H](Cc1ccc(O)cc1)C(=O)N[C@@H](CCCN=C(N)N)C(=O)N[C@@H](C)C(=O)NCC(=O)N[C@@H](C)C(=O)N[C@@H](CC(=O)O)C(=O)N[C@@H](C)C(=O)N[C@@H](Cc1ccc(O)cc1)C(=O)N[C@@H](CCCN=C(N)N)C(=O)N[C@@H](CO)C(=O)O. The molecule has 34 nitrogen and oxygen atoms in total. The number of aliphatic imine (C=N–C) groups is 2. The predicted molar refractivity (Wildman–Crippen MR) is 315 cm³/mol. The summed E-state index contributed by atoms with van der Waals surface area (Å²) >= 11 is 0. The fourth-order valence-corrected chi connectivity index (χ4v) is 8.01. The van der Waals surface area contributed by atoms with Gasteiger partial charge < -0.3 is 107 Å². The van der Waals surface area contributed by atoms with E-state index in [0.717, 1.165) is 13.8 Å². The highest BCUT2D eigenvalue weighted by molar-refractivity contribution is 5.99. The molecule has 2 aromatic carbocycles. The third-order valence-corrected chi connectivity index (χ3v) is 12.7. The molecule has 10 atom stereocenters. The minimum atomic E-state index is -1.89. The number of phenols is 2. The number of guanidine groups is 2. The van der Waals surface area contributed by atoms with Crippen molar-refractivity contribution in [2.45, 2.75) is 146 Å². The maximum atomic E-state index is 13.9. The molecule has 0 aromatic heterocycles. The minimum absolute atomic E-state index is 0.0237. The Bertz CT molecular complexity index is 2800. The second-order valence-electron chi connectivity index (χ2n) is 20.8. The number of nitrogens with two attached hydrogens (primary N) is 5. The first-order chi connectivity index (χ1) is 41.3. The molecule has 0 unspecified atom stereocenters. The van der Waals surface area contributed by atoms with Gasteiger partial charge in [-0.05, 0) is 94.2 Å². The molecule has 0 bridgehead atoms. The molecule has 25 N–H and O–H groups in total. The van der Waals surface area contributed by atoms with E-state index in [0.29, 0.717) is 17.5 Å². The number of aliphatic hydroxyl groups is 1. The fourth-order valence-electron chi connectivity index (χ4n) is 8.01. The monoisotopic (exact) mass is 1240 g/mol. The number of nitrogens with one attached hydrogen (secondary N) is 10. The predicted octanol–water partition coefficient (Wildman–Crippen LogP) is -6.55. The first kappa shape index (κ1) is 74.2. The topological polar surface area (TPSA) is 581 Å². The number of aliphatic carboxylic acids is 2. The van der Waals surface area contributed by atoms with Gasteiger partial charge in [-0.3, -0.25) is 62.7 Å². The van der Waals surface area contributed by atoms with Gasteiger partial charge in [-0.2, -0.15) is 0 Å². The summed E-state index contributed by atoms with van der Waals surface area (Å²) in [7, 11) is 0. The lowest BCUT2D eigenvalue weighted by Crippen LogP contribution is -2.59. The summed E-state index contributed by atoms with van der Waals surface area (Å²) in [5.41, 5.74) is 28.6. The number of amides is 10. The van der Waals surface area contributed by atoms with Crippen molar-refractivity contribution in [2.75, 3.05) is 26.2 Å². The zero-order valence-electron chi connectivity index (χ0n) is 49.4. The molecule has 88 heavy (non-hydrogen) atoms. The van der Waals surface area contributed by atoms with Crippen LogP contribution < -0.4 is 81.8 Å². The Kier molecular flexibility index (Phi) is 31.7. The molecule has 34 heteroatoms. The number of carbonyl (C=O) groups excluding carboxylic acids is 10. The van der Waals surface area contributed by atoms with Crippen LogP contribution >= 0.6 is 0 Å². The number of hydrogen-bond acceptors (Lipinski definition) is 18. The van der Waals surface area contributed by atoms with Gasteiger partial charge in [0.25, 0.3) is 0 Å². The van der Waals surface area contributed by atoms with Gasteiger partial charge in [-0.25, -0.2) is 4.79 Å². The van der Waals surface area contributed by atoms with Gasteiger partial charge in [0.15, 0.2) is 11.9 Å². The third-order valence-electron chi connectivity index (χ3n) is 12.7. The van der Waals surface area contributed by atoms with Crippen LogP contribution in [0.3, 0.4) is 0 Å². The average Bonchev–Trinajstić information content (AvgIpc) is 3.60. The zero-order chi connectivity index (χ0) is 66.4. The fraction of sp³-hybridized carbons (Fsp3) is 0.519. The molecule has 0 aliphatic carbocycles. The third kappa shape index (κ3) is 28.4. The number of hydrogen-bond donors (Lipinski definition) is 20. The quantitative estimate of drug-likeness (QED) is 0.0169. The maximum Gasteiger partial charge on any atom is 0.328 e. The number of phenolic OH excluding ortho intramolecular Hbond substituents is 2. The Morgan fingerprint density at radius 3 is 1.24 bits per heavy atom. The van der Waals surface area contributed by atoms with Gasteiger partial charge in [0, 0.05) is 25.9 Å². The minimum Gasteiger partial charge on any atom is -0.508 e. The first-order valence-electron chi connectivity index (χ1n) is 27.8. The van der Waals surface area contributed by atoms with Crippen molar-refractivity contribution < 1.29 is 83.1 Å². The number of rotatable bonds is 38. The van der Waals surface area contributed by atoms with Crippen LogP contribution in [0.5, 0.6) is 11.5 Å². The molecular formula is C54H83N17O17. The summed E-state index contributed by atoms with van der Waals surface area (Å²) in [5.74, 6) is -13.5. The van der Waals surface area contributed by atoms with Crippen LogP contribution in [0.1, 0.15) is 84.3 Å². The molecule has 0 saturated heterocycles. The number of nitrogens with zero attached hydrogens (tertiary/aromatic N) is 2. The van der Waals surface area contributed by atoms with Crippen LogP contribution in [-0.2, 0) is 70.4 Å². The Hall–Kier alpha value is -9.86. The molecule has 2 aromatic rings. The zero-order valence-corrected chi connectivity index (χ0v) is 49.4. The summed E-state index contributed by atoms with van der Waals surface area (Å²) in [6, 6.07) is -3.51. The Morgan fingerprint density at radius 2 is 0.830 bits per heavy atom. The van der Waals surface area contributed by atoms with Crippen LogP contribution in [0.2, 0.25) is 0 Å². The molecule has 0 radical (unpaired) electrons. The van der Waals surface area contributed by atoms with E-state index in [9.17, 15) is 83.1 Å². The van der Waals surface area contributed by atoms with Crippen LogP contribution in [0.15, 0.2) is 58.5 Å². The molecule has 0 saturated carbocycles. The van der Waals surface area contributed by atoms with Crippen molar-refractivity contribution in [1.82, 2.24) is 53.2 Å². The van der Waals surface area contributed by atoms with E-state index in [1.165, 1.54) is 55.5 Å². The lowest BCUT2D eigenvalue weighted by atomic mass is 10.0. The molecule has 486 valence electrons. The van der Waals surface area contributed by atoms with E-state index < -0.39 is 151 Å². The Labute approximate surface area is 506 Å². The van der Waals surface area contributed by atoms with E-state index in [1.807, 2.05) is 13.8 Å². The largest absolute Gasteiger partial charge is 0.508 e. The first-order valence-corrected chi connectivity index (χ1v) is 27.8. The van der Waals surface area contributed by atoms with Crippen molar-refractivity contribution >= 4 is 82.9 Å². The van der Waals surface area contributed by atoms with Crippen molar-refractivity contribution in [2.24, 2.45) is 44.6 Å². The Morgan fingerprint density at radius 1 is 0.466 bits per heavy atom. The number of carboxylic acid groups (broad SMARTS) is 2. The van der Waals surface area contributed by atoms with Crippen LogP contribution in [0.25, 0.3) is 0 Å². The van der Waals surface area contributed by atoms with Gasteiger partial charge in [0.2, 0.25) is 59.1 Å². The highest BCUT2D eigenvalue weighted by Gasteiger charge is 2.34. The van der Waals surface area contributed by atoms with E-state index in [-0.39, 0.29) is 81.0 Å². The van der Waals surface area contributed by atoms with Crippen LogP contribution in [0.4, 0.5) is 0 Å². The van der Waals surface area contributed by atoms with Crippen LogP contribution in [0, 0.1) is 5.92 Å². The van der Waals surface area contributed by atoms with E-state index >= 15 is 0 Å². The number of carboxylic acids is 2. The smallest absolute Gasteiger partial charge is 0.328 e. The average molecular weight is 1240 g/mol. The maximum absolute atomic E-state index is 13.9. The molecule has 0 aliphatic heterocycles. The van der Waals surface area contributed by atoms with Crippen molar-refractivity contribution in [1.29, 1.82) is 0 Å². The van der Waals surface area contributed by atoms with Crippen molar-refractivity contribution in [3.8, 4) is 11.5 Å². The Balaban J connectivity index is 2.18. The number of benzene rings is 2. The van der Waals surface area contributed by atoms with Crippen LogP contribution in [-0.4, -0.2) is 195 Å². The second-order valence-corrected chi connectivity index (χ2v) is 20.8. The number of aromatic hydroxyl groups is 2. The molecule has 0 aliphatic rings. The van der Waals surface area contributed by atoms with E-state index in [1.54, 1.807) is 0 Å². The lowest BCUT2D eigenvalue weighted by molar-refractivity contribution is -0.143. The van der Waals surface area contributed by atoms with Crippen molar-refractivity contribution in [3.63, 3.8) is 0 Å². The molecular weight excluding hydrogens is 1160 g/mol. The van der Waals surface area contributed by atoms with Gasteiger partial charge >= 0.3 is 11.9 Å². The standard InChI is InChI=1S/C54H83N17O17/c1-26(2)20-34(55)46(81)70-38(22-31-12-16-33(74)17-13-31)51(86)66-35(8-6-18-60-53(56)57)47(82)64-27(3)43(78)62-24-41(75)63-28(4)44(79)69-39(23-42(76)77)49(84)65-29(5)45(80)68-37(21-30-10-14-32(73)15-11-30)50(85)67-36(9-7-19-61-54(58)59)48(83)71-40(25-72)52(87)88/h10-17,26-29,34-40,72-74H,6-9,18-25,55H2,1-5H3,(H,62,78)(H,63,75)(H,64,82)(H,65,84)(H,66,86)(H,67,85)(H,68,80)(H,69,79)(H,70,81)(H,71,83)(H,76,77)(H,87,88)(H4,56,57,60)(H4,58,59,61)/t27-,28-,29-,34-,35-,36-,37-,38-,39-,40-/m0/s1. The number of carbonyl (C=O) groups is 12. The van der Waals surface area contributed by atoms with Gasteiger partial charge in [-0.1, -0.05) is 38.1 Å². The second kappa shape index (κ2) is 37.5.